The molecule has 1 unspecified atom stereocenters. The van der Waals surface area contributed by atoms with Gasteiger partial charge in [-0.05, 0) is 6.07 Å². The highest BCUT2D eigenvalue weighted by atomic mass is 32.2. The number of nitrogens with two attached hydrogens (primary N) is 1. The van der Waals surface area contributed by atoms with E-state index < -0.39 is 4.87 Å². The summed E-state index contributed by atoms with van der Waals surface area (Å²) in [5.41, 5.74) is 7.42. The van der Waals surface area contributed by atoms with Crippen molar-refractivity contribution in [2.45, 2.75) is 4.87 Å². The van der Waals surface area contributed by atoms with Crippen LogP contribution in [0.3, 0.4) is 0 Å². The summed E-state index contributed by atoms with van der Waals surface area (Å²) in [6.45, 7) is 0. The maximum Gasteiger partial charge on any atom is 0.338 e. The zero-order valence-electron chi connectivity index (χ0n) is 8.84. The molecule has 2 N–H and O–H groups in total. The van der Waals surface area contributed by atoms with Crippen LogP contribution >= 0.6 is 11.8 Å². The number of rotatable bonds is 2. The summed E-state index contributed by atoms with van der Waals surface area (Å²) in [4.78, 5) is 15.0. The second-order valence-corrected chi connectivity index (χ2v) is 4.64. The predicted molar refractivity (Wildman–Crippen MR) is 64.6 cm³/mol. The number of thioether (sulfide) groups is 1. The largest absolute Gasteiger partial charge is 0.465 e. The number of aliphatic imine (C=N–C) groups is 1. The molecule has 0 aromatic heterocycles. The molecule has 16 heavy (non-hydrogen) atoms. The molecule has 0 radical (unpaired) electrons. The van der Waals surface area contributed by atoms with Crippen molar-refractivity contribution in [2.75, 3.05) is 13.0 Å². The van der Waals surface area contributed by atoms with Crippen LogP contribution in [-0.4, -0.2) is 25.2 Å². The van der Waals surface area contributed by atoms with Gasteiger partial charge in [0.1, 0.15) is 4.87 Å². The van der Waals surface area contributed by atoms with Crippen molar-refractivity contribution in [3.8, 4) is 0 Å². The Hall–Kier alpha value is -1.33. The number of carbonyl (C=O) groups is 1. The van der Waals surface area contributed by atoms with Crippen LogP contribution in [0.1, 0.15) is 15.9 Å². The van der Waals surface area contributed by atoms with E-state index in [2.05, 4.69) is 4.99 Å². The second kappa shape index (κ2) is 4.27. The molecule has 1 aromatic carbocycles. The fourth-order valence-corrected chi connectivity index (χ4v) is 2.46. The Labute approximate surface area is 97.9 Å². The van der Waals surface area contributed by atoms with E-state index in [1.807, 2.05) is 12.1 Å². The zero-order valence-corrected chi connectivity index (χ0v) is 9.66. The van der Waals surface area contributed by atoms with E-state index in [0.717, 1.165) is 5.56 Å². The quantitative estimate of drug-likeness (QED) is 0.787. The molecule has 1 heterocycles. The fourth-order valence-electron chi connectivity index (χ4n) is 1.61. The molecule has 1 aliphatic heterocycles. The third kappa shape index (κ3) is 1.83. The summed E-state index contributed by atoms with van der Waals surface area (Å²) in [6.07, 6.45) is 1.68. The highest BCUT2D eigenvalue weighted by Crippen LogP contribution is 2.35. The topological polar surface area (TPSA) is 64.7 Å². The number of carbonyl (C=O) groups excluding carboxylic acids is 1. The van der Waals surface area contributed by atoms with E-state index in [0.29, 0.717) is 11.4 Å². The molecule has 1 atom stereocenters. The number of ether oxygens (including phenoxy) is 1. The molecule has 1 aliphatic rings. The van der Waals surface area contributed by atoms with Gasteiger partial charge in [-0.15, -0.1) is 11.8 Å². The first-order valence-corrected chi connectivity index (χ1v) is 5.77. The highest BCUT2D eigenvalue weighted by Gasteiger charge is 2.33. The lowest BCUT2D eigenvalue weighted by Crippen LogP contribution is -2.34. The normalized spacial score (nSPS) is 23.4. The highest BCUT2D eigenvalue weighted by molar-refractivity contribution is 8.01. The Balaban J connectivity index is 2.48. The summed E-state index contributed by atoms with van der Waals surface area (Å²) in [5.74, 6) is 0.243. The lowest BCUT2D eigenvalue weighted by molar-refractivity contribution is 0.0599. The van der Waals surface area contributed by atoms with Gasteiger partial charge in [-0.25, -0.2) is 4.79 Å². The van der Waals surface area contributed by atoms with Crippen LogP contribution in [0, 0.1) is 0 Å². The number of hydrogen-bond donors (Lipinski definition) is 1. The third-order valence-electron chi connectivity index (χ3n) is 2.41. The number of nitrogens with zero attached hydrogens (tertiary/aromatic N) is 1. The molecule has 0 spiro atoms. The van der Waals surface area contributed by atoms with Crippen LogP contribution < -0.4 is 5.73 Å². The van der Waals surface area contributed by atoms with Crippen molar-refractivity contribution in [1.29, 1.82) is 0 Å². The first-order chi connectivity index (χ1) is 7.67. The molecular weight excluding hydrogens is 224 g/mol. The Bertz CT molecular complexity index is 447. The van der Waals surface area contributed by atoms with Crippen molar-refractivity contribution in [2.24, 2.45) is 10.7 Å². The molecule has 0 saturated carbocycles. The van der Waals surface area contributed by atoms with Gasteiger partial charge in [-0.2, -0.15) is 0 Å². The Morgan fingerprint density at radius 1 is 1.56 bits per heavy atom. The van der Waals surface area contributed by atoms with E-state index >= 15 is 0 Å². The molecular formula is C11H12N2O2S. The zero-order chi connectivity index (χ0) is 11.6. The van der Waals surface area contributed by atoms with Crippen LogP contribution in [0.2, 0.25) is 0 Å². The lowest BCUT2D eigenvalue weighted by Gasteiger charge is -2.22. The van der Waals surface area contributed by atoms with Gasteiger partial charge in [0.25, 0.3) is 0 Å². The van der Waals surface area contributed by atoms with Crippen molar-refractivity contribution in [3.05, 3.63) is 35.4 Å². The maximum absolute atomic E-state index is 11.6. The van der Waals surface area contributed by atoms with Gasteiger partial charge in [-0.1, -0.05) is 18.2 Å². The van der Waals surface area contributed by atoms with Gasteiger partial charge in [0, 0.05) is 11.8 Å². The number of benzene rings is 1. The average molecular weight is 236 g/mol. The summed E-state index contributed by atoms with van der Waals surface area (Å²) in [6, 6.07) is 7.18. The molecule has 0 bridgehead atoms. The standard InChI is InChI=1S/C11H12N2O2S/c1-15-10(14)8-4-2-3-5-9(8)11(12)6-13-7-16-11/h2-6H,7,12H2,1H3. The number of methoxy groups -OCH3 is 1. The monoisotopic (exact) mass is 236 g/mol. The smallest absolute Gasteiger partial charge is 0.338 e. The SMILES string of the molecule is COC(=O)c1ccccc1C1(N)C=NCS1. The number of hydrogen-bond acceptors (Lipinski definition) is 5. The molecule has 0 amide bonds. The number of esters is 1. The minimum Gasteiger partial charge on any atom is -0.465 e. The van der Waals surface area contributed by atoms with Gasteiger partial charge >= 0.3 is 5.97 Å². The molecule has 0 aliphatic carbocycles. The minimum atomic E-state index is -0.717. The van der Waals surface area contributed by atoms with Gasteiger partial charge < -0.3 is 10.5 Å². The van der Waals surface area contributed by atoms with E-state index in [-0.39, 0.29) is 5.97 Å². The average Bonchev–Trinajstić information content (AvgIpc) is 2.76. The second-order valence-electron chi connectivity index (χ2n) is 3.42. The maximum atomic E-state index is 11.6. The van der Waals surface area contributed by atoms with Gasteiger partial charge in [0.2, 0.25) is 0 Å². The van der Waals surface area contributed by atoms with Crippen LogP contribution in [0.15, 0.2) is 29.3 Å². The summed E-state index contributed by atoms with van der Waals surface area (Å²) < 4.78 is 4.73. The first-order valence-electron chi connectivity index (χ1n) is 4.79. The van der Waals surface area contributed by atoms with Gasteiger partial charge in [0.15, 0.2) is 0 Å². The molecule has 2 rings (SSSR count). The summed E-state index contributed by atoms with van der Waals surface area (Å²) in [5, 5.41) is 0. The molecule has 84 valence electrons. The van der Waals surface area contributed by atoms with Crippen LogP contribution in [-0.2, 0) is 9.61 Å². The Morgan fingerprint density at radius 3 is 2.94 bits per heavy atom. The third-order valence-corrected chi connectivity index (χ3v) is 3.50. The van der Waals surface area contributed by atoms with Crippen LogP contribution in [0.4, 0.5) is 0 Å². The predicted octanol–water partition coefficient (Wildman–Crippen LogP) is 1.36. The lowest BCUT2D eigenvalue weighted by atomic mass is 10.0. The molecule has 1 aromatic rings. The van der Waals surface area contributed by atoms with Crippen molar-refractivity contribution in [1.82, 2.24) is 0 Å². The van der Waals surface area contributed by atoms with E-state index in [9.17, 15) is 4.79 Å². The minimum absolute atomic E-state index is 0.374. The fraction of sp³-hybridized carbons (Fsp3) is 0.273. The Morgan fingerprint density at radius 2 is 2.31 bits per heavy atom. The van der Waals surface area contributed by atoms with Gasteiger partial charge in [0.05, 0.1) is 18.6 Å². The van der Waals surface area contributed by atoms with E-state index in [1.54, 1.807) is 18.3 Å². The molecule has 0 saturated heterocycles. The van der Waals surface area contributed by atoms with Crippen molar-refractivity contribution in [3.63, 3.8) is 0 Å². The Kier molecular flexibility index (Phi) is 2.98. The van der Waals surface area contributed by atoms with Crippen molar-refractivity contribution >= 4 is 23.9 Å². The van der Waals surface area contributed by atoms with Crippen LogP contribution in [0.5, 0.6) is 0 Å². The van der Waals surface area contributed by atoms with E-state index in [4.69, 9.17) is 10.5 Å². The van der Waals surface area contributed by atoms with Gasteiger partial charge in [-0.3, -0.25) is 4.99 Å². The van der Waals surface area contributed by atoms with Crippen LogP contribution in [0.25, 0.3) is 0 Å². The van der Waals surface area contributed by atoms with Crippen molar-refractivity contribution < 1.29 is 9.53 Å². The molecule has 5 heteroatoms. The van der Waals surface area contributed by atoms with E-state index in [1.165, 1.54) is 18.9 Å². The summed E-state index contributed by atoms with van der Waals surface area (Å²) >= 11 is 1.49. The molecule has 0 fully saturated rings. The first kappa shape index (κ1) is 11.2. The molecule has 4 nitrogen and oxygen atoms in total. The summed E-state index contributed by atoms with van der Waals surface area (Å²) in [7, 11) is 1.36.